The third-order valence-electron chi connectivity index (χ3n) is 4.51. The molecule has 31 heavy (non-hydrogen) atoms. The largest absolute Gasteiger partial charge is 0.240 e. The minimum Gasteiger partial charge on any atom is -0.231 e. The monoisotopic (exact) mass is 463 g/mol. The van der Waals surface area contributed by atoms with Gasteiger partial charge in [0.05, 0.1) is 22.6 Å². The van der Waals surface area contributed by atoms with Crippen molar-refractivity contribution >= 4 is 21.6 Å². The Kier molecular flexibility index (Phi) is 5.34. The molecule has 0 bridgehead atoms. The summed E-state index contributed by atoms with van der Waals surface area (Å²) in [5.41, 5.74) is 0.108. The maximum absolute atomic E-state index is 14.6. The molecule has 0 aliphatic carbocycles. The SMILES string of the molecule is NS(=O)(=O)c1ccccc1-n1nc(-c2ccc(Cl)cc2)cc1-c1c(F)cc(F)cc1F. The number of nitrogens with two attached hydrogens (primary N) is 1. The van der Waals surface area contributed by atoms with Gasteiger partial charge in [-0.2, -0.15) is 5.10 Å². The van der Waals surface area contributed by atoms with Crippen LogP contribution in [0.15, 0.2) is 71.6 Å². The van der Waals surface area contributed by atoms with Crippen molar-refractivity contribution in [1.29, 1.82) is 0 Å². The predicted molar refractivity (Wildman–Crippen MR) is 111 cm³/mol. The number of halogens is 4. The average molecular weight is 464 g/mol. The van der Waals surface area contributed by atoms with Crippen LogP contribution in [0.1, 0.15) is 0 Å². The van der Waals surface area contributed by atoms with Crippen LogP contribution in [0.5, 0.6) is 0 Å². The average Bonchev–Trinajstić information content (AvgIpc) is 3.12. The van der Waals surface area contributed by atoms with E-state index in [2.05, 4.69) is 5.10 Å². The number of sulfonamides is 1. The van der Waals surface area contributed by atoms with Crippen molar-refractivity contribution in [1.82, 2.24) is 9.78 Å². The summed E-state index contributed by atoms with van der Waals surface area (Å²) in [6.45, 7) is 0. The number of aromatic nitrogens is 2. The second-order valence-electron chi connectivity index (χ2n) is 6.59. The summed E-state index contributed by atoms with van der Waals surface area (Å²) in [6, 6.07) is 14.5. The van der Waals surface area contributed by atoms with Gasteiger partial charge in [0.15, 0.2) is 0 Å². The van der Waals surface area contributed by atoms with E-state index in [9.17, 15) is 21.6 Å². The number of rotatable bonds is 4. The molecule has 2 N–H and O–H groups in total. The summed E-state index contributed by atoms with van der Waals surface area (Å²) in [4.78, 5) is -0.301. The van der Waals surface area contributed by atoms with Crippen molar-refractivity contribution in [2.75, 3.05) is 0 Å². The van der Waals surface area contributed by atoms with Crippen LogP contribution in [0.2, 0.25) is 5.02 Å². The van der Waals surface area contributed by atoms with E-state index in [-0.39, 0.29) is 22.0 Å². The van der Waals surface area contributed by atoms with E-state index in [1.807, 2.05) is 0 Å². The Hall–Kier alpha value is -3.14. The molecule has 10 heteroatoms. The molecule has 3 aromatic carbocycles. The van der Waals surface area contributed by atoms with Crippen LogP contribution in [0.25, 0.3) is 28.2 Å². The van der Waals surface area contributed by atoms with Crippen LogP contribution >= 0.6 is 11.6 Å². The van der Waals surface area contributed by atoms with Gasteiger partial charge in [0, 0.05) is 22.7 Å². The molecule has 158 valence electrons. The van der Waals surface area contributed by atoms with E-state index in [0.29, 0.717) is 22.7 Å². The molecule has 4 aromatic rings. The van der Waals surface area contributed by atoms with Gasteiger partial charge in [-0.15, -0.1) is 0 Å². The van der Waals surface area contributed by atoms with E-state index < -0.39 is 33.0 Å². The Bertz CT molecular complexity index is 1380. The highest BCUT2D eigenvalue weighted by molar-refractivity contribution is 7.89. The van der Waals surface area contributed by atoms with Gasteiger partial charge >= 0.3 is 0 Å². The molecule has 0 fully saturated rings. The highest BCUT2D eigenvalue weighted by atomic mass is 35.5. The second kappa shape index (κ2) is 7.84. The van der Waals surface area contributed by atoms with E-state index in [1.165, 1.54) is 30.3 Å². The molecule has 0 saturated heterocycles. The van der Waals surface area contributed by atoms with E-state index in [0.717, 1.165) is 4.68 Å². The van der Waals surface area contributed by atoms with Crippen LogP contribution in [0.3, 0.4) is 0 Å². The molecule has 5 nitrogen and oxygen atoms in total. The quantitative estimate of drug-likeness (QED) is 0.466. The fourth-order valence-electron chi connectivity index (χ4n) is 3.16. The maximum Gasteiger partial charge on any atom is 0.240 e. The Balaban J connectivity index is 2.05. The van der Waals surface area contributed by atoms with Gasteiger partial charge in [-0.3, -0.25) is 0 Å². The second-order valence-corrected chi connectivity index (χ2v) is 8.56. The lowest BCUT2D eigenvalue weighted by molar-refractivity contribution is 0.546. The number of hydrogen-bond acceptors (Lipinski definition) is 3. The van der Waals surface area contributed by atoms with Crippen LogP contribution < -0.4 is 5.14 Å². The fourth-order valence-corrected chi connectivity index (χ4v) is 4.00. The smallest absolute Gasteiger partial charge is 0.231 e. The van der Waals surface area contributed by atoms with Gasteiger partial charge in [-0.25, -0.2) is 31.4 Å². The first-order valence-electron chi connectivity index (χ1n) is 8.78. The Labute approximate surface area is 180 Å². The summed E-state index contributed by atoms with van der Waals surface area (Å²) in [6.07, 6.45) is 0. The zero-order chi connectivity index (χ0) is 22.3. The Morgan fingerprint density at radius 2 is 1.52 bits per heavy atom. The first-order valence-corrected chi connectivity index (χ1v) is 10.7. The number of hydrogen-bond donors (Lipinski definition) is 1. The van der Waals surface area contributed by atoms with Crippen molar-refractivity contribution < 1.29 is 21.6 Å². The van der Waals surface area contributed by atoms with Gasteiger partial charge in [0.1, 0.15) is 22.3 Å². The Morgan fingerprint density at radius 1 is 0.903 bits per heavy atom. The minimum absolute atomic E-state index is 0.0247. The summed E-state index contributed by atoms with van der Waals surface area (Å²) in [5.74, 6) is -3.43. The summed E-state index contributed by atoms with van der Waals surface area (Å²) < 4.78 is 67.9. The fraction of sp³-hybridized carbons (Fsp3) is 0. The van der Waals surface area contributed by atoms with Crippen LogP contribution in [0, 0.1) is 17.5 Å². The lowest BCUT2D eigenvalue weighted by Crippen LogP contribution is -2.16. The molecular weight excluding hydrogens is 451 g/mol. The minimum atomic E-state index is -4.19. The van der Waals surface area contributed by atoms with Crippen molar-refractivity contribution in [3.63, 3.8) is 0 Å². The highest BCUT2D eigenvalue weighted by Gasteiger charge is 2.24. The topological polar surface area (TPSA) is 78.0 Å². The molecule has 0 radical (unpaired) electrons. The number of primary sulfonamides is 1. The van der Waals surface area contributed by atoms with Crippen molar-refractivity contribution in [3.05, 3.63) is 89.2 Å². The summed E-state index contributed by atoms with van der Waals surface area (Å²) >= 11 is 5.91. The first kappa shape index (κ1) is 21.1. The third-order valence-corrected chi connectivity index (χ3v) is 5.72. The molecule has 0 spiro atoms. The highest BCUT2D eigenvalue weighted by Crippen LogP contribution is 2.34. The van der Waals surface area contributed by atoms with E-state index in [1.54, 1.807) is 24.3 Å². The molecule has 0 aliphatic heterocycles. The summed E-state index contributed by atoms with van der Waals surface area (Å²) in [7, 11) is -4.19. The predicted octanol–water partition coefficient (Wildman–Crippen LogP) is 4.92. The zero-order valence-corrected chi connectivity index (χ0v) is 17.1. The van der Waals surface area contributed by atoms with Crippen LogP contribution in [-0.2, 0) is 10.0 Å². The van der Waals surface area contributed by atoms with Crippen LogP contribution in [-0.4, -0.2) is 18.2 Å². The number of para-hydroxylation sites is 1. The normalized spacial score (nSPS) is 11.6. The molecule has 0 saturated carbocycles. The van der Waals surface area contributed by atoms with Gasteiger partial charge in [0.25, 0.3) is 0 Å². The molecular formula is C21H13ClF3N3O2S. The molecule has 4 rings (SSSR count). The standard InChI is InChI=1S/C21H13ClF3N3O2S/c22-13-7-5-12(6-8-13)17-11-19(21-15(24)9-14(23)10-16(21)25)28(27-17)18-3-1-2-4-20(18)31(26,29)30/h1-11H,(H2,26,29,30). The number of nitrogens with zero attached hydrogens (tertiary/aromatic N) is 2. The third kappa shape index (κ3) is 4.07. The van der Waals surface area contributed by atoms with Gasteiger partial charge in [0.2, 0.25) is 10.0 Å². The van der Waals surface area contributed by atoms with E-state index in [4.69, 9.17) is 16.7 Å². The lowest BCUT2D eigenvalue weighted by Gasteiger charge is -2.12. The molecule has 0 atom stereocenters. The molecule has 0 aliphatic rings. The molecule has 0 unspecified atom stereocenters. The Morgan fingerprint density at radius 3 is 2.13 bits per heavy atom. The van der Waals surface area contributed by atoms with Crippen molar-refractivity contribution in [3.8, 4) is 28.2 Å². The molecule has 1 heterocycles. The van der Waals surface area contributed by atoms with Crippen molar-refractivity contribution in [2.24, 2.45) is 5.14 Å². The summed E-state index contributed by atoms with van der Waals surface area (Å²) in [5, 5.41) is 10.1. The zero-order valence-electron chi connectivity index (χ0n) is 15.6. The van der Waals surface area contributed by atoms with Crippen molar-refractivity contribution in [2.45, 2.75) is 4.90 Å². The lowest BCUT2D eigenvalue weighted by atomic mass is 10.1. The number of benzene rings is 3. The van der Waals surface area contributed by atoms with Gasteiger partial charge in [-0.1, -0.05) is 35.9 Å². The van der Waals surface area contributed by atoms with E-state index >= 15 is 0 Å². The molecule has 1 aromatic heterocycles. The molecule has 0 amide bonds. The van der Waals surface area contributed by atoms with Crippen LogP contribution in [0.4, 0.5) is 13.2 Å². The first-order chi connectivity index (χ1) is 14.6. The van der Waals surface area contributed by atoms with Gasteiger partial charge < -0.3 is 0 Å². The maximum atomic E-state index is 14.6. The van der Waals surface area contributed by atoms with Gasteiger partial charge in [-0.05, 0) is 30.3 Å².